The average molecular weight is 371 g/mol. The van der Waals surface area contributed by atoms with E-state index in [-0.39, 0.29) is 30.5 Å². The Bertz CT molecular complexity index is 548. The van der Waals surface area contributed by atoms with Crippen LogP contribution in [0.4, 0.5) is 11.4 Å². The molecule has 1 aliphatic rings. The molecule has 1 amide bonds. The summed E-state index contributed by atoms with van der Waals surface area (Å²) in [6.07, 6.45) is 7.65. The molecular formula is C17H27ClN4O3. The van der Waals surface area contributed by atoms with Crippen LogP contribution in [0.1, 0.15) is 38.5 Å². The second kappa shape index (κ2) is 11.7. The molecule has 0 aromatic heterocycles. The van der Waals surface area contributed by atoms with Gasteiger partial charge in [0.15, 0.2) is 0 Å². The zero-order chi connectivity index (χ0) is 17.2. The van der Waals surface area contributed by atoms with Gasteiger partial charge in [0, 0.05) is 25.2 Å². The van der Waals surface area contributed by atoms with Gasteiger partial charge in [0.25, 0.3) is 5.69 Å². The number of anilines is 1. The number of benzene rings is 1. The molecule has 0 aliphatic heterocycles. The molecule has 1 aromatic rings. The monoisotopic (exact) mass is 370 g/mol. The molecule has 2 rings (SSSR count). The average Bonchev–Trinajstić information content (AvgIpc) is 2.86. The Morgan fingerprint density at radius 2 is 1.80 bits per heavy atom. The van der Waals surface area contributed by atoms with Crippen LogP contribution in [0.15, 0.2) is 24.3 Å². The number of nitrogens with one attached hydrogen (secondary N) is 3. The van der Waals surface area contributed by atoms with E-state index in [9.17, 15) is 14.9 Å². The molecule has 3 N–H and O–H groups in total. The minimum Gasteiger partial charge on any atom is -0.371 e. The number of para-hydroxylation sites is 2. The summed E-state index contributed by atoms with van der Waals surface area (Å²) in [4.78, 5) is 22.3. The highest BCUT2D eigenvalue weighted by atomic mass is 35.5. The summed E-state index contributed by atoms with van der Waals surface area (Å²) in [5, 5.41) is 20.0. The number of nitro benzene ring substituents is 1. The van der Waals surface area contributed by atoms with Crippen molar-refractivity contribution < 1.29 is 9.72 Å². The van der Waals surface area contributed by atoms with Crippen molar-refractivity contribution in [2.24, 2.45) is 0 Å². The number of amides is 1. The van der Waals surface area contributed by atoms with Gasteiger partial charge in [-0.3, -0.25) is 14.9 Å². The van der Waals surface area contributed by atoms with Gasteiger partial charge in [0.1, 0.15) is 5.69 Å². The Balaban J connectivity index is 0.00000312. The number of hydrogen-bond donors (Lipinski definition) is 3. The first kappa shape index (κ1) is 21.2. The molecule has 0 heterocycles. The van der Waals surface area contributed by atoms with Crippen molar-refractivity contribution in [3.8, 4) is 0 Å². The van der Waals surface area contributed by atoms with Crippen LogP contribution in [0.3, 0.4) is 0 Å². The van der Waals surface area contributed by atoms with Crippen LogP contribution < -0.4 is 16.0 Å². The molecule has 7 nitrogen and oxygen atoms in total. The van der Waals surface area contributed by atoms with E-state index >= 15 is 0 Å². The predicted octanol–water partition coefficient (Wildman–Crippen LogP) is 2.86. The first-order valence-corrected chi connectivity index (χ1v) is 8.64. The molecule has 8 heteroatoms. The van der Waals surface area contributed by atoms with Gasteiger partial charge in [-0.25, -0.2) is 0 Å². The maximum atomic E-state index is 11.8. The summed E-state index contributed by atoms with van der Waals surface area (Å²) >= 11 is 0. The second-order valence-electron chi connectivity index (χ2n) is 6.12. The maximum absolute atomic E-state index is 11.8. The molecule has 1 saturated carbocycles. The van der Waals surface area contributed by atoms with Gasteiger partial charge in [-0.05, 0) is 18.9 Å². The lowest BCUT2D eigenvalue weighted by Crippen LogP contribution is -2.38. The fourth-order valence-corrected chi connectivity index (χ4v) is 2.98. The Labute approximate surface area is 154 Å². The lowest BCUT2D eigenvalue weighted by atomic mass is 10.1. The normalized spacial score (nSPS) is 14.9. The zero-order valence-electron chi connectivity index (χ0n) is 14.3. The van der Waals surface area contributed by atoms with Gasteiger partial charge < -0.3 is 16.0 Å². The summed E-state index contributed by atoms with van der Waals surface area (Å²) < 4.78 is 0. The minimum atomic E-state index is -0.461. The summed E-state index contributed by atoms with van der Waals surface area (Å²) in [7, 11) is 0. The molecule has 0 saturated heterocycles. The van der Waals surface area contributed by atoms with Crippen LogP contribution >= 0.6 is 12.4 Å². The Morgan fingerprint density at radius 3 is 2.48 bits per heavy atom. The minimum absolute atomic E-state index is 0. The smallest absolute Gasteiger partial charge is 0.292 e. The predicted molar refractivity (Wildman–Crippen MR) is 101 cm³/mol. The third kappa shape index (κ3) is 7.70. The van der Waals surface area contributed by atoms with Gasteiger partial charge in [0.2, 0.25) is 5.91 Å². The summed E-state index contributed by atoms with van der Waals surface area (Å²) in [5.74, 6) is -0.171. The number of carbonyl (C=O) groups is 1. The molecule has 0 spiro atoms. The third-order valence-electron chi connectivity index (χ3n) is 4.28. The quantitative estimate of drug-likeness (QED) is 0.283. The Morgan fingerprint density at radius 1 is 1.12 bits per heavy atom. The molecule has 1 aromatic carbocycles. The standard InChI is InChI=1S/C17H26N4O3.ClH/c22-17(13-20-15-9-5-6-10-16(15)21(23)24)19-12-11-18-14-7-3-1-2-4-8-14;/h5-6,9-10,14,18,20H,1-4,7-8,11-13H2,(H,19,22);1H. The molecule has 140 valence electrons. The van der Waals surface area contributed by atoms with Crippen molar-refractivity contribution in [3.63, 3.8) is 0 Å². The first-order valence-electron chi connectivity index (χ1n) is 8.64. The number of rotatable bonds is 8. The van der Waals surface area contributed by atoms with E-state index < -0.39 is 4.92 Å². The topological polar surface area (TPSA) is 96.3 Å². The molecule has 0 unspecified atom stereocenters. The number of nitrogens with zero attached hydrogens (tertiary/aromatic N) is 1. The van der Waals surface area contributed by atoms with Crippen LogP contribution in [0.25, 0.3) is 0 Å². The van der Waals surface area contributed by atoms with E-state index in [0.29, 0.717) is 18.3 Å². The largest absolute Gasteiger partial charge is 0.371 e. The van der Waals surface area contributed by atoms with Crippen molar-refractivity contribution in [1.82, 2.24) is 10.6 Å². The van der Waals surface area contributed by atoms with E-state index in [2.05, 4.69) is 16.0 Å². The lowest BCUT2D eigenvalue weighted by molar-refractivity contribution is -0.383. The van der Waals surface area contributed by atoms with E-state index in [1.54, 1.807) is 18.2 Å². The molecule has 0 radical (unpaired) electrons. The number of nitro groups is 1. The maximum Gasteiger partial charge on any atom is 0.292 e. The Kier molecular flexibility index (Phi) is 9.87. The van der Waals surface area contributed by atoms with Crippen LogP contribution in [-0.2, 0) is 4.79 Å². The van der Waals surface area contributed by atoms with Crippen molar-refractivity contribution in [1.29, 1.82) is 0 Å². The van der Waals surface area contributed by atoms with Crippen molar-refractivity contribution >= 4 is 29.7 Å². The van der Waals surface area contributed by atoms with Crippen LogP contribution in [-0.4, -0.2) is 36.5 Å². The second-order valence-corrected chi connectivity index (χ2v) is 6.12. The van der Waals surface area contributed by atoms with Crippen molar-refractivity contribution in [2.45, 2.75) is 44.6 Å². The van der Waals surface area contributed by atoms with Gasteiger partial charge in [-0.2, -0.15) is 0 Å². The van der Waals surface area contributed by atoms with Gasteiger partial charge >= 0.3 is 0 Å². The highest BCUT2D eigenvalue weighted by Crippen LogP contribution is 2.22. The zero-order valence-corrected chi connectivity index (χ0v) is 15.1. The van der Waals surface area contributed by atoms with Gasteiger partial charge in [0.05, 0.1) is 11.5 Å². The highest BCUT2D eigenvalue weighted by Gasteiger charge is 2.13. The van der Waals surface area contributed by atoms with E-state index in [1.165, 1.54) is 44.6 Å². The highest BCUT2D eigenvalue weighted by molar-refractivity contribution is 5.85. The van der Waals surface area contributed by atoms with E-state index in [1.807, 2.05) is 0 Å². The molecule has 0 bridgehead atoms. The molecule has 1 fully saturated rings. The van der Waals surface area contributed by atoms with Gasteiger partial charge in [-0.1, -0.05) is 37.8 Å². The van der Waals surface area contributed by atoms with Crippen LogP contribution in [0, 0.1) is 10.1 Å². The number of hydrogen-bond acceptors (Lipinski definition) is 5. The van der Waals surface area contributed by atoms with Crippen LogP contribution in [0.5, 0.6) is 0 Å². The summed E-state index contributed by atoms with van der Waals surface area (Å²) in [6.45, 7) is 1.34. The van der Waals surface area contributed by atoms with Crippen molar-refractivity contribution in [3.05, 3.63) is 34.4 Å². The summed E-state index contributed by atoms with van der Waals surface area (Å²) in [5.41, 5.74) is 0.328. The lowest BCUT2D eigenvalue weighted by Gasteiger charge is -2.16. The molecule has 1 aliphatic carbocycles. The number of carbonyl (C=O) groups excluding carboxylic acids is 1. The van der Waals surface area contributed by atoms with Crippen molar-refractivity contribution in [2.75, 3.05) is 25.0 Å². The van der Waals surface area contributed by atoms with Gasteiger partial charge in [-0.15, -0.1) is 12.4 Å². The number of halogens is 1. The van der Waals surface area contributed by atoms with Crippen LogP contribution in [0.2, 0.25) is 0 Å². The fourth-order valence-electron chi connectivity index (χ4n) is 2.98. The van der Waals surface area contributed by atoms with E-state index in [0.717, 1.165) is 6.54 Å². The first-order chi connectivity index (χ1) is 11.7. The Hall–Kier alpha value is -1.86. The summed E-state index contributed by atoms with van der Waals surface area (Å²) in [6, 6.07) is 6.87. The molecule has 0 atom stereocenters. The fraction of sp³-hybridized carbons (Fsp3) is 0.588. The molecular weight excluding hydrogens is 344 g/mol. The SMILES string of the molecule is Cl.O=C(CNc1ccccc1[N+](=O)[O-])NCCNC1CCCCCC1. The molecule has 25 heavy (non-hydrogen) atoms. The third-order valence-corrected chi connectivity index (χ3v) is 4.28. The van der Waals surface area contributed by atoms with E-state index in [4.69, 9.17) is 0 Å².